The average Bonchev–Trinajstić information content (AvgIpc) is 2.97. The van der Waals surface area contributed by atoms with E-state index >= 15 is 0 Å². The molecule has 2 aromatic carbocycles. The Labute approximate surface area is 200 Å². The number of hydrogen-bond acceptors (Lipinski definition) is 3. The zero-order chi connectivity index (χ0) is 23.2. The van der Waals surface area contributed by atoms with Crippen LogP contribution in [0.3, 0.4) is 0 Å². The van der Waals surface area contributed by atoms with Crippen molar-refractivity contribution < 1.29 is 9.59 Å². The highest BCUT2D eigenvalue weighted by Crippen LogP contribution is 2.28. The van der Waals surface area contributed by atoms with Crippen molar-refractivity contribution in [2.75, 3.05) is 4.90 Å². The second-order valence-electron chi connectivity index (χ2n) is 7.95. The SMILES string of the molecule is Cc1cc(C)cc(-n2c(C)cc(/C=C3\C(=O)NC(=S)N(c4cccc(Br)c4)C3=O)c2C)c1. The van der Waals surface area contributed by atoms with Crippen molar-refractivity contribution in [3.05, 3.63) is 86.7 Å². The minimum absolute atomic E-state index is 0.0410. The third-order valence-corrected chi connectivity index (χ3v) is 6.18. The number of carbonyl (C=O) groups is 2. The van der Waals surface area contributed by atoms with Gasteiger partial charge < -0.3 is 4.57 Å². The molecular formula is C25H22BrN3O2S. The predicted molar refractivity (Wildman–Crippen MR) is 135 cm³/mol. The normalized spacial score (nSPS) is 15.5. The van der Waals surface area contributed by atoms with Crippen LogP contribution in [0.4, 0.5) is 5.69 Å². The van der Waals surface area contributed by atoms with E-state index in [1.807, 2.05) is 32.0 Å². The summed E-state index contributed by atoms with van der Waals surface area (Å²) in [5, 5.41) is 2.71. The van der Waals surface area contributed by atoms with Crippen LogP contribution in [-0.2, 0) is 9.59 Å². The van der Waals surface area contributed by atoms with E-state index in [-0.39, 0.29) is 10.7 Å². The molecule has 1 N–H and O–H groups in total. The van der Waals surface area contributed by atoms with E-state index in [1.165, 1.54) is 16.0 Å². The average molecular weight is 508 g/mol. The lowest BCUT2D eigenvalue weighted by Crippen LogP contribution is -2.54. The molecule has 1 aromatic heterocycles. The summed E-state index contributed by atoms with van der Waals surface area (Å²) in [4.78, 5) is 27.4. The van der Waals surface area contributed by atoms with Crippen LogP contribution in [0, 0.1) is 27.7 Å². The number of anilines is 1. The van der Waals surface area contributed by atoms with Gasteiger partial charge >= 0.3 is 0 Å². The zero-order valence-electron chi connectivity index (χ0n) is 18.2. The number of nitrogens with one attached hydrogen (secondary N) is 1. The maximum atomic E-state index is 13.3. The van der Waals surface area contributed by atoms with Gasteiger partial charge in [0.1, 0.15) is 5.57 Å². The van der Waals surface area contributed by atoms with Gasteiger partial charge in [0.15, 0.2) is 5.11 Å². The molecule has 1 saturated heterocycles. The standard InChI is InChI=1S/C25H22BrN3O2S/c1-14-8-15(2)10-21(9-14)28-16(3)11-18(17(28)4)12-22-23(30)27-25(32)29(24(22)31)20-7-5-6-19(26)13-20/h5-13H,1-4H3,(H,27,30,32)/b22-12+. The van der Waals surface area contributed by atoms with Crippen LogP contribution < -0.4 is 10.2 Å². The number of hydrogen-bond donors (Lipinski definition) is 1. The molecule has 0 aliphatic carbocycles. The molecule has 0 atom stereocenters. The lowest BCUT2D eigenvalue weighted by atomic mass is 10.1. The number of nitrogens with zero attached hydrogens (tertiary/aromatic N) is 2. The highest BCUT2D eigenvalue weighted by Gasteiger charge is 2.34. The second kappa shape index (κ2) is 8.48. The fourth-order valence-electron chi connectivity index (χ4n) is 4.07. The summed E-state index contributed by atoms with van der Waals surface area (Å²) in [6.07, 6.45) is 1.64. The van der Waals surface area contributed by atoms with Gasteiger partial charge in [-0.25, -0.2) is 0 Å². The maximum absolute atomic E-state index is 13.3. The summed E-state index contributed by atoms with van der Waals surface area (Å²) in [5.74, 6) is -0.949. The quantitative estimate of drug-likeness (QED) is 0.297. The highest BCUT2D eigenvalue weighted by atomic mass is 79.9. The molecule has 162 valence electrons. The smallest absolute Gasteiger partial charge is 0.270 e. The van der Waals surface area contributed by atoms with Crippen molar-refractivity contribution >= 4 is 56.8 Å². The third kappa shape index (κ3) is 4.06. The largest absolute Gasteiger partial charge is 0.318 e. The Balaban J connectivity index is 1.78. The molecule has 7 heteroatoms. The first-order valence-corrected chi connectivity index (χ1v) is 11.3. The molecule has 0 bridgehead atoms. The van der Waals surface area contributed by atoms with Gasteiger partial charge in [0, 0.05) is 21.5 Å². The maximum Gasteiger partial charge on any atom is 0.270 e. The van der Waals surface area contributed by atoms with Gasteiger partial charge in [-0.3, -0.25) is 19.8 Å². The highest BCUT2D eigenvalue weighted by molar-refractivity contribution is 9.10. The Hall–Kier alpha value is -3.03. The fraction of sp³-hybridized carbons (Fsp3) is 0.160. The van der Waals surface area contributed by atoms with Gasteiger partial charge in [0.2, 0.25) is 0 Å². The second-order valence-corrected chi connectivity index (χ2v) is 9.25. The molecule has 1 aliphatic heterocycles. The number of benzene rings is 2. The van der Waals surface area contributed by atoms with Crippen LogP contribution in [0.25, 0.3) is 11.8 Å². The molecule has 2 amide bonds. The molecule has 1 aliphatic rings. The van der Waals surface area contributed by atoms with Gasteiger partial charge in [-0.2, -0.15) is 0 Å². The van der Waals surface area contributed by atoms with E-state index in [9.17, 15) is 9.59 Å². The van der Waals surface area contributed by atoms with E-state index in [0.29, 0.717) is 5.69 Å². The van der Waals surface area contributed by atoms with E-state index in [0.717, 1.165) is 27.1 Å². The van der Waals surface area contributed by atoms with Crippen molar-refractivity contribution in [2.24, 2.45) is 0 Å². The third-order valence-electron chi connectivity index (χ3n) is 5.40. The number of carbonyl (C=O) groups excluding carboxylic acids is 2. The molecule has 0 spiro atoms. The fourth-order valence-corrected chi connectivity index (χ4v) is 4.74. The predicted octanol–water partition coefficient (Wildman–Crippen LogP) is 5.30. The summed E-state index contributed by atoms with van der Waals surface area (Å²) >= 11 is 8.71. The summed E-state index contributed by atoms with van der Waals surface area (Å²) in [6, 6.07) is 15.6. The van der Waals surface area contributed by atoms with Gasteiger partial charge in [0.05, 0.1) is 5.69 Å². The first-order valence-electron chi connectivity index (χ1n) is 10.1. The van der Waals surface area contributed by atoms with Crippen molar-refractivity contribution in [3.8, 4) is 5.69 Å². The number of rotatable bonds is 3. The first-order chi connectivity index (χ1) is 15.2. The minimum Gasteiger partial charge on any atom is -0.318 e. The summed E-state index contributed by atoms with van der Waals surface area (Å²) in [6.45, 7) is 8.13. The van der Waals surface area contributed by atoms with E-state index in [1.54, 1.807) is 18.2 Å². The van der Waals surface area contributed by atoms with Gasteiger partial charge in [-0.05, 0) is 99.1 Å². The summed E-state index contributed by atoms with van der Waals surface area (Å²) in [7, 11) is 0. The number of thiocarbonyl (C=S) groups is 1. The Bertz CT molecular complexity index is 1300. The monoisotopic (exact) mass is 507 g/mol. The Kier molecular flexibility index (Phi) is 5.88. The van der Waals surface area contributed by atoms with Crippen molar-refractivity contribution in [2.45, 2.75) is 27.7 Å². The number of amides is 2. The summed E-state index contributed by atoms with van der Waals surface area (Å²) in [5.41, 5.74) is 6.80. The Morgan fingerprint density at radius 2 is 1.62 bits per heavy atom. The van der Waals surface area contributed by atoms with Crippen LogP contribution in [0.1, 0.15) is 28.1 Å². The molecule has 0 radical (unpaired) electrons. The van der Waals surface area contributed by atoms with Crippen molar-refractivity contribution in [3.63, 3.8) is 0 Å². The number of aromatic nitrogens is 1. The van der Waals surface area contributed by atoms with Crippen LogP contribution >= 0.6 is 28.1 Å². The van der Waals surface area contributed by atoms with E-state index in [4.69, 9.17) is 12.2 Å². The first kappa shape index (κ1) is 22.2. The minimum atomic E-state index is -0.498. The Morgan fingerprint density at radius 3 is 2.28 bits per heavy atom. The molecule has 2 heterocycles. The molecule has 3 aromatic rings. The van der Waals surface area contributed by atoms with Gasteiger partial charge in [0.25, 0.3) is 11.8 Å². The lowest BCUT2D eigenvalue weighted by Gasteiger charge is -2.29. The number of halogens is 1. The lowest BCUT2D eigenvalue weighted by molar-refractivity contribution is -0.122. The van der Waals surface area contributed by atoms with Crippen molar-refractivity contribution in [1.82, 2.24) is 9.88 Å². The number of aryl methyl sites for hydroxylation is 3. The molecule has 32 heavy (non-hydrogen) atoms. The molecule has 1 fully saturated rings. The van der Waals surface area contributed by atoms with E-state index < -0.39 is 11.8 Å². The molecule has 5 nitrogen and oxygen atoms in total. The zero-order valence-corrected chi connectivity index (χ0v) is 20.6. The molecule has 0 unspecified atom stereocenters. The molecule has 0 saturated carbocycles. The van der Waals surface area contributed by atoms with Crippen molar-refractivity contribution in [1.29, 1.82) is 0 Å². The topological polar surface area (TPSA) is 54.3 Å². The van der Waals surface area contributed by atoms with Gasteiger partial charge in [-0.1, -0.05) is 28.1 Å². The van der Waals surface area contributed by atoms with Crippen LogP contribution in [0.2, 0.25) is 0 Å². The Morgan fingerprint density at radius 1 is 0.938 bits per heavy atom. The molecule has 4 rings (SSSR count). The van der Waals surface area contributed by atoms with Gasteiger partial charge in [-0.15, -0.1) is 0 Å². The van der Waals surface area contributed by atoms with Crippen LogP contribution in [0.15, 0.2) is 58.6 Å². The van der Waals surface area contributed by atoms with E-state index in [2.05, 4.69) is 57.9 Å². The van der Waals surface area contributed by atoms with Crippen LogP contribution in [0.5, 0.6) is 0 Å². The van der Waals surface area contributed by atoms with Crippen LogP contribution in [-0.4, -0.2) is 21.5 Å². The molecular weight excluding hydrogens is 486 g/mol. The summed E-state index contributed by atoms with van der Waals surface area (Å²) < 4.78 is 2.94.